The van der Waals surface area contributed by atoms with Gasteiger partial charge in [-0.2, -0.15) is 0 Å². The first kappa shape index (κ1) is 20.2. The topological polar surface area (TPSA) is 39.9 Å². The van der Waals surface area contributed by atoms with Gasteiger partial charge < -0.3 is 9.80 Å². The van der Waals surface area contributed by atoms with E-state index in [-0.39, 0.29) is 0 Å². The van der Waals surface area contributed by atoms with Gasteiger partial charge in [0.15, 0.2) is 0 Å². The number of pyridine rings is 2. The molecular formula is C27H30N6. The zero-order valence-electron chi connectivity index (χ0n) is 18.9. The van der Waals surface area contributed by atoms with Crippen molar-refractivity contribution < 1.29 is 0 Å². The van der Waals surface area contributed by atoms with E-state index in [2.05, 4.69) is 90.9 Å². The fourth-order valence-corrected chi connectivity index (χ4v) is 5.40. The van der Waals surface area contributed by atoms with Gasteiger partial charge >= 0.3 is 0 Å². The number of rotatable bonds is 5. The van der Waals surface area contributed by atoms with Crippen molar-refractivity contribution in [1.29, 1.82) is 0 Å². The zero-order valence-corrected chi connectivity index (χ0v) is 18.9. The summed E-state index contributed by atoms with van der Waals surface area (Å²) in [6, 6.07) is 23.7. The van der Waals surface area contributed by atoms with Crippen LogP contribution in [0.15, 0.2) is 79.1 Å². The number of imidazole rings is 1. The highest BCUT2D eigenvalue weighted by Gasteiger charge is 2.30. The standard InChI is InChI=1S/C27H30N6/c1-2-9-22(10-3-1)30-17-19-31(20-18-30)27-24(29-26-13-5-7-16-33(26)27)21-32-15-8-12-25(32)23-11-4-6-14-28-23/h1-7,9-11,13-14,16,25H,8,12,15,17-21H2. The lowest BCUT2D eigenvalue weighted by molar-refractivity contribution is 0.242. The summed E-state index contributed by atoms with van der Waals surface area (Å²) < 4.78 is 2.28. The molecule has 6 nitrogen and oxygen atoms in total. The molecule has 2 saturated heterocycles. The first-order valence-electron chi connectivity index (χ1n) is 12.0. The molecule has 6 rings (SSSR count). The van der Waals surface area contributed by atoms with Crippen LogP contribution in [0.4, 0.5) is 11.5 Å². The molecule has 0 radical (unpaired) electrons. The highest BCUT2D eigenvalue weighted by Crippen LogP contribution is 2.34. The van der Waals surface area contributed by atoms with E-state index in [0.717, 1.165) is 51.3 Å². The van der Waals surface area contributed by atoms with Crippen molar-refractivity contribution in [2.45, 2.75) is 25.4 Å². The van der Waals surface area contributed by atoms with Gasteiger partial charge in [0.05, 0.1) is 17.4 Å². The van der Waals surface area contributed by atoms with Crippen LogP contribution in [0.1, 0.15) is 30.3 Å². The number of aromatic nitrogens is 3. The largest absolute Gasteiger partial charge is 0.368 e. The number of hydrogen-bond acceptors (Lipinski definition) is 5. The lowest BCUT2D eigenvalue weighted by atomic mass is 10.1. The average molecular weight is 439 g/mol. The molecule has 0 spiro atoms. The van der Waals surface area contributed by atoms with Gasteiger partial charge in [-0.3, -0.25) is 14.3 Å². The summed E-state index contributed by atoms with van der Waals surface area (Å²) in [6.45, 7) is 5.98. The normalized spacial score (nSPS) is 19.5. The van der Waals surface area contributed by atoms with E-state index < -0.39 is 0 Å². The van der Waals surface area contributed by atoms with E-state index in [4.69, 9.17) is 4.98 Å². The van der Waals surface area contributed by atoms with Crippen LogP contribution >= 0.6 is 0 Å². The Morgan fingerprint density at radius 1 is 0.788 bits per heavy atom. The molecule has 6 heteroatoms. The number of likely N-dealkylation sites (tertiary alicyclic amines) is 1. The lowest BCUT2D eigenvalue weighted by Crippen LogP contribution is -2.47. The molecule has 1 aromatic carbocycles. The number of fused-ring (bicyclic) bond motifs is 1. The van der Waals surface area contributed by atoms with E-state index in [1.54, 1.807) is 0 Å². The van der Waals surface area contributed by atoms with Crippen molar-refractivity contribution in [1.82, 2.24) is 19.3 Å². The van der Waals surface area contributed by atoms with E-state index >= 15 is 0 Å². The van der Waals surface area contributed by atoms with Crippen LogP contribution in [0.5, 0.6) is 0 Å². The van der Waals surface area contributed by atoms with Crippen LogP contribution in [-0.2, 0) is 6.54 Å². The van der Waals surface area contributed by atoms with Gasteiger partial charge in [0.25, 0.3) is 0 Å². The molecule has 168 valence electrons. The van der Waals surface area contributed by atoms with Crippen molar-refractivity contribution in [3.05, 3.63) is 90.5 Å². The third-order valence-electron chi connectivity index (χ3n) is 7.02. The maximum atomic E-state index is 5.10. The molecule has 0 N–H and O–H groups in total. The molecular weight excluding hydrogens is 408 g/mol. The first-order chi connectivity index (χ1) is 16.4. The molecule has 0 amide bonds. The Morgan fingerprint density at radius 2 is 1.58 bits per heavy atom. The minimum Gasteiger partial charge on any atom is -0.368 e. The van der Waals surface area contributed by atoms with Gasteiger partial charge in [-0.15, -0.1) is 0 Å². The number of para-hydroxylation sites is 1. The SMILES string of the molecule is c1ccc(N2CCN(c3c(CN4CCCC4c4ccccn4)nc4ccccn34)CC2)cc1. The highest BCUT2D eigenvalue weighted by atomic mass is 15.3. The Balaban J connectivity index is 1.27. The number of benzene rings is 1. The predicted octanol–water partition coefficient (Wildman–Crippen LogP) is 4.39. The Labute approximate surface area is 195 Å². The summed E-state index contributed by atoms with van der Waals surface area (Å²) in [5, 5.41) is 0. The van der Waals surface area contributed by atoms with Crippen molar-refractivity contribution >= 4 is 17.2 Å². The third kappa shape index (κ3) is 3.95. The second-order valence-electron chi connectivity index (χ2n) is 9.00. The molecule has 2 aliphatic rings. The predicted molar refractivity (Wildman–Crippen MR) is 133 cm³/mol. The summed E-state index contributed by atoms with van der Waals surface area (Å²) in [5.74, 6) is 1.25. The van der Waals surface area contributed by atoms with E-state index in [9.17, 15) is 0 Å². The third-order valence-corrected chi connectivity index (χ3v) is 7.02. The number of anilines is 2. The molecule has 0 saturated carbocycles. The molecule has 2 aliphatic heterocycles. The Bertz CT molecular complexity index is 1200. The Hall–Kier alpha value is -3.38. The van der Waals surface area contributed by atoms with Gasteiger partial charge in [0, 0.05) is 50.8 Å². The first-order valence-corrected chi connectivity index (χ1v) is 12.0. The second-order valence-corrected chi connectivity index (χ2v) is 9.00. The monoisotopic (exact) mass is 438 g/mol. The molecule has 2 fully saturated rings. The maximum absolute atomic E-state index is 5.10. The second kappa shape index (κ2) is 8.87. The van der Waals surface area contributed by atoms with Crippen LogP contribution in [0.3, 0.4) is 0 Å². The van der Waals surface area contributed by atoms with E-state index in [1.807, 2.05) is 12.3 Å². The number of nitrogens with zero attached hydrogens (tertiary/aromatic N) is 6. The summed E-state index contributed by atoms with van der Waals surface area (Å²) in [6.07, 6.45) is 6.44. The van der Waals surface area contributed by atoms with Gasteiger partial charge in [-0.1, -0.05) is 30.3 Å². The molecule has 4 aromatic rings. The number of hydrogen-bond donors (Lipinski definition) is 0. The minimum absolute atomic E-state index is 0.374. The minimum atomic E-state index is 0.374. The summed E-state index contributed by atoms with van der Waals surface area (Å²) >= 11 is 0. The molecule has 3 aromatic heterocycles. The fraction of sp³-hybridized carbons (Fsp3) is 0.333. The van der Waals surface area contributed by atoms with Crippen LogP contribution in [-0.4, -0.2) is 52.0 Å². The molecule has 1 unspecified atom stereocenters. The van der Waals surface area contributed by atoms with Gasteiger partial charge in [0.1, 0.15) is 11.5 Å². The van der Waals surface area contributed by atoms with Crippen LogP contribution < -0.4 is 9.80 Å². The quantitative estimate of drug-likeness (QED) is 0.462. The Morgan fingerprint density at radius 3 is 2.39 bits per heavy atom. The van der Waals surface area contributed by atoms with Crippen LogP contribution in [0.25, 0.3) is 5.65 Å². The molecule has 0 aliphatic carbocycles. The zero-order chi connectivity index (χ0) is 22.0. The molecule has 1 atom stereocenters. The van der Waals surface area contributed by atoms with E-state index in [1.165, 1.54) is 29.3 Å². The van der Waals surface area contributed by atoms with Gasteiger partial charge in [-0.25, -0.2) is 4.98 Å². The maximum Gasteiger partial charge on any atom is 0.138 e. The average Bonchev–Trinajstić information content (AvgIpc) is 3.50. The van der Waals surface area contributed by atoms with Crippen molar-refractivity contribution in [3.8, 4) is 0 Å². The number of piperazine rings is 1. The Kier molecular flexibility index (Phi) is 5.44. The van der Waals surface area contributed by atoms with E-state index in [0.29, 0.717) is 6.04 Å². The van der Waals surface area contributed by atoms with Crippen molar-refractivity contribution in [3.63, 3.8) is 0 Å². The van der Waals surface area contributed by atoms with Crippen LogP contribution in [0.2, 0.25) is 0 Å². The molecule has 0 bridgehead atoms. The molecule has 5 heterocycles. The summed E-state index contributed by atoms with van der Waals surface area (Å²) in [4.78, 5) is 17.3. The molecule has 33 heavy (non-hydrogen) atoms. The smallest absolute Gasteiger partial charge is 0.138 e. The van der Waals surface area contributed by atoms with Gasteiger partial charge in [-0.05, 0) is 55.8 Å². The van der Waals surface area contributed by atoms with Crippen LogP contribution in [0, 0.1) is 0 Å². The lowest BCUT2D eigenvalue weighted by Gasteiger charge is -2.37. The van der Waals surface area contributed by atoms with Gasteiger partial charge in [0.2, 0.25) is 0 Å². The summed E-state index contributed by atoms with van der Waals surface area (Å²) in [5.41, 5.74) is 4.70. The summed E-state index contributed by atoms with van der Waals surface area (Å²) in [7, 11) is 0. The van der Waals surface area contributed by atoms with Crippen molar-refractivity contribution in [2.75, 3.05) is 42.5 Å². The highest BCUT2D eigenvalue weighted by molar-refractivity contribution is 5.58. The van der Waals surface area contributed by atoms with Crippen molar-refractivity contribution in [2.24, 2.45) is 0 Å². The fourth-order valence-electron chi connectivity index (χ4n) is 5.40.